The highest BCUT2D eigenvalue weighted by atomic mass is 19.1. The lowest BCUT2D eigenvalue weighted by atomic mass is 9.83. The zero-order valence-electron chi connectivity index (χ0n) is 13.5. The molecule has 1 fully saturated rings. The number of likely N-dealkylation sites (N-methyl/N-ethyl adjacent to an activating group) is 1. The second kappa shape index (κ2) is 7.55. The van der Waals surface area contributed by atoms with E-state index >= 15 is 0 Å². The number of halogens is 1. The highest BCUT2D eigenvalue weighted by Gasteiger charge is 2.41. The molecule has 2 amide bonds. The van der Waals surface area contributed by atoms with Gasteiger partial charge in [-0.1, -0.05) is 18.2 Å². The summed E-state index contributed by atoms with van der Waals surface area (Å²) in [5.41, 5.74) is 0.373. The molecular formula is C17H23FN2O3. The Hall–Kier alpha value is -1.95. The number of aliphatic hydroxyl groups is 1. The molecule has 0 unspecified atom stereocenters. The minimum Gasteiger partial charge on any atom is -0.395 e. The lowest BCUT2D eigenvalue weighted by Crippen LogP contribution is -2.48. The van der Waals surface area contributed by atoms with E-state index in [1.54, 1.807) is 30.1 Å². The summed E-state index contributed by atoms with van der Waals surface area (Å²) >= 11 is 0. The zero-order chi connectivity index (χ0) is 17.0. The lowest BCUT2D eigenvalue weighted by Gasteiger charge is -2.41. The largest absolute Gasteiger partial charge is 0.395 e. The molecular weight excluding hydrogens is 299 g/mol. The van der Waals surface area contributed by atoms with E-state index in [0.717, 1.165) is 0 Å². The Morgan fingerprint density at radius 2 is 2.13 bits per heavy atom. The van der Waals surface area contributed by atoms with Gasteiger partial charge in [0.1, 0.15) is 5.82 Å². The van der Waals surface area contributed by atoms with Crippen LogP contribution in [0.3, 0.4) is 0 Å². The second-order valence-corrected chi connectivity index (χ2v) is 5.77. The number of hydrogen-bond acceptors (Lipinski definition) is 3. The van der Waals surface area contributed by atoms with Crippen LogP contribution in [-0.4, -0.2) is 53.5 Å². The monoisotopic (exact) mass is 322 g/mol. The molecule has 1 saturated heterocycles. The number of likely N-dealkylation sites (tertiary alicyclic amines) is 1. The molecule has 5 nitrogen and oxygen atoms in total. The molecule has 0 bridgehead atoms. The van der Waals surface area contributed by atoms with Crippen molar-refractivity contribution in [2.45, 2.75) is 25.8 Å². The molecule has 6 heteroatoms. The van der Waals surface area contributed by atoms with Crippen LogP contribution in [0.5, 0.6) is 0 Å². The number of carbonyl (C=O) groups is 2. The molecule has 0 spiro atoms. The molecule has 23 heavy (non-hydrogen) atoms. The highest BCUT2D eigenvalue weighted by Crippen LogP contribution is 2.38. The van der Waals surface area contributed by atoms with Crippen LogP contribution in [-0.2, 0) is 9.59 Å². The van der Waals surface area contributed by atoms with E-state index in [9.17, 15) is 14.0 Å². The molecule has 2 rings (SSSR count). The third kappa shape index (κ3) is 3.52. The van der Waals surface area contributed by atoms with Crippen LogP contribution in [0.2, 0.25) is 0 Å². The molecule has 0 aliphatic carbocycles. The number of nitrogens with zero attached hydrogens (tertiary/aromatic N) is 2. The van der Waals surface area contributed by atoms with Crippen molar-refractivity contribution >= 4 is 11.8 Å². The third-order valence-electron chi connectivity index (χ3n) is 4.40. The van der Waals surface area contributed by atoms with Crippen LogP contribution in [0.15, 0.2) is 24.3 Å². The van der Waals surface area contributed by atoms with Crippen molar-refractivity contribution in [3.8, 4) is 0 Å². The van der Waals surface area contributed by atoms with Crippen molar-refractivity contribution in [1.82, 2.24) is 9.80 Å². The van der Waals surface area contributed by atoms with E-state index in [-0.39, 0.29) is 31.4 Å². The maximum Gasteiger partial charge on any atom is 0.227 e. The van der Waals surface area contributed by atoms with Gasteiger partial charge in [-0.3, -0.25) is 9.59 Å². The summed E-state index contributed by atoms with van der Waals surface area (Å²) in [4.78, 5) is 28.0. The minimum absolute atomic E-state index is 0.0605. The number of rotatable bonds is 5. The molecule has 2 atom stereocenters. The Balaban J connectivity index is 2.41. The number of benzene rings is 1. The Labute approximate surface area is 135 Å². The molecule has 1 N–H and O–H groups in total. The predicted octanol–water partition coefficient (Wildman–Crippen LogP) is 1.58. The molecule has 1 aliphatic heterocycles. The number of aliphatic hydroxyl groups excluding tert-OH is 1. The maximum absolute atomic E-state index is 14.3. The molecule has 0 aromatic heterocycles. The van der Waals surface area contributed by atoms with Crippen LogP contribution in [0.25, 0.3) is 0 Å². The fourth-order valence-electron chi connectivity index (χ4n) is 3.23. The molecule has 0 saturated carbocycles. The van der Waals surface area contributed by atoms with Gasteiger partial charge in [0, 0.05) is 32.1 Å². The number of hydrogen-bond donors (Lipinski definition) is 1. The first-order chi connectivity index (χ1) is 11.0. The predicted molar refractivity (Wildman–Crippen MR) is 84.0 cm³/mol. The fraction of sp³-hybridized carbons (Fsp3) is 0.529. The van der Waals surface area contributed by atoms with Gasteiger partial charge in [-0.15, -0.1) is 0 Å². The van der Waals surface area contributed by atoms with Gasteiger partial charge in [-0.2, -0.15) is 0 Å². The van der Waals surface area contributed by atoms with Crippen LogP contribution < -0.4 is 0 Å². The molecule has 1 aliphatic rings. The maximum atomic E-state index is 14.3. The van der Waals surface area contributed by atoms with E-state index in [4.69, 9.17) is 5.11 Å². The van der Waals surface area contributed by atoms with Crippen molar-refractivity contribution in [2.75, 3.05) is 26.7 Å². The van der Waals surface area contributed by atoms with Crippen LogP contribution in [0.1, 0.15) is 31.4 Å². The summed E-state index contributed by atoms with van der Waals surface area (Å²) in [5.74, 6) is -1.14. The van der Waals surface area contributed by atoms with Crippen molar-refractivity contribution in [3.05, 3.63) is 35.6 Å². The van der Waals surface area contributed by atoms with E-state index in [1.165, 1.54) is 11.0 Å². The Morgan fingerprint density at radius 1 is 1.43 bits per heavy atom. The standard InChI is InChI=1S/C17H23FN2O3/c1-3-20-15(22)9-8-13(17(23)19(2)10-11-21)16(20)12-6-4-5-7-14(12)18/h4-7,13,16,21H,3,8-11H2,1-2H3/t13-,16+/m1/s1. The lowest BCUT2D eigenvalue weighted by molar-refractivity contribution is -0.147. The molecule has 0 radical (unpaired) electrons. The average molecular weight is 322 g/mol. The van der Waals surface area contributed by atoms with Crippen LogP contribution in [0.4, 0.5) is 4.39 Å². The average Bonchev–Trinajstić information content (AvgIpc) is 2.54. The molecule has 1 aromatic rings. The van der Waals surface area contributed by atoms with Gasteiger partial charge in [0.15, 0.2) is 0 Å². The Bertz CT molecular complexity index is 579. The number of carbonyl (C=O) groups excluding carboxylic acids is 2. The van der Waals surface area contributed by atoms with E-state index in [1.807, 2.05) is 6.92 Å². The highest BCUT2D eigenvalue weighted by molar-refractivity contribution is 5.85. The summed E-state index contributed by atoms with van der Waals surface area (Å²) in [6.45, 7) is 2.34. The topological polar surface area (TPSA) is 60.9 Å². The normalized spacial score (nSPS) is 21.4. The van der Waals surface area contributed by atoms with Gasteiger partial charge >= 0.3 is 0 Å². The summed E-state index contributed by atoms with van der Waals surface area (Å²) in [5, 5.41) is 9.03. The SMILES string of the molecule is CCN1C(=O)CC[C@@H](C(=O)N(C)CCO)[C@@H]1c1ccccc1F. The van der Waals surface area contributed by atoms with Crippen molar-refractivity contribution in [2.24, 2.45) is 5.92 Å². The Morgan fingerprint density at radius 3 is 2.74 bits per heavy atom. The molecule has 1 aromatic carbocycles. The second-order valence-electron chi connectivity index (χ2n) is 5.77. The van der Waals surface area contributed by atoms with E-state index in [2.05, 4.69) is 0 Å². The summed E-state index contributed by atoms with van der Waals surface area (Å²) in [6.07, 6.45) is 0.672. The number of amides is 2. The van der Waals surface area contributed by atoms with Crippen molar-refractivity contribution in [3.63, 3.8) is 0 Å². The molecule has 1 heterocycles. The van der Waals surface area contributed by atoms with Gasteiger partial charge < -0.3 is 14.9 Å². The zero-order valence-corrected chi connectivity index (χ0v) is 13.5. The quantitative estimate of drug-likeness (QED) is 0.895. The first kappa shape index (κ1) is 17.4. The minimum atomic E-state index is -0.601. The van der Waals surface area contributed by atoms with E-state index < -0.39 is 17.8 Å². The first-order valence-electron chi connectivity index (χ1n) is 7.91. The Kier molecular flexibility index (Phi) is 5.71. The van der Waals surface area contributed by atoms with Crippen LogP contribution >= 0.6 is 0 Å². The van der Waals surface area contributed by atoms with Gasteiger partial charge in [0.25, 0.3) is 0 Å². The van der Waals surface area contributed by atoms with Gasteiger partial charge in [-0.05, 0) is 19.4 Å². The third-order valence-corrected chi connectivity index (χ3v) is 4.40. The summed E-state index contributed by atoms with van der Waals surface area (Å²) < 4.78 is 14.3. The van der Waals surface area contributed by atoms with E-state index in [0.29, 0.717) is 18.5 Å². The summed E-state index contributed by atoms with van der Waals surface area (Å²) in [6, 6.07) is 5.68. The van der Waals surface area contributed by atoms with Crippen molar-refractivity contribution < 1.29 is 19.1 Å². The fourth-order valence-corrected chi connectivity index (χ4v) is 3.23. The van der Waals surface area contributed by atoms with Gasteiger partial charge in [0.2, 0.25) is 11.8 Å². The smallest absolute Gasteiger partial charge is 0.227 e. The number of piperidine rings is 1. The van der Waals surface area contributed by atoms with Crippen LogP contribution in [0, 0.1) is 11.7 Å². The summed E-state index contributed by atoms with van der Waals surface area (Å²) in [7, 11) is 1.61. The van der Waals surface area contributed by atoms with Gasteiger partial charge in [-0.25, -0.2) is 4.39 Å². The molecule has 126 valence electrons. The van der Waals surface area contributed by atoms with Crippen molar-refractivity contribution in [1.29, 1.82) is 0 Å². The van der Waals surface area contributed by atoms with Gasteiger partial charge in [0.05, 0.1) is 18.6 Å². The first-order valence-corrected chi connectivity index (χ1v) is 7.91.